The minimum absolute atomic E-state index is 0.147. The zero-order valence-electron chi connectivity index (χ0n) is 12.8. The van der Waals surface area contributed by atoms with Crippen LogP contribution in [0.5, 0.6) is 0 Å². The lowest BCUT2D eigenvalue weighted by molar-refractivity contribution is -0.384. The Labute approximate surface area is 131 Å². The fraction of sp³-hybridized carbons (Fsp3) is 0.286. The molecule has 2 N–H and O–H groups in total. The Morgan fingerprint density at radius 1 is 1.30 bits per heavy atom. The van der Waals surface area contributed by atoms with Crippen LogP contribution in [0.2, 0.25) is 0 Å². The van der Waals surface area contributed by atoms with Gasteiger partial charge in [-0.05, 0) is 19.9 Å². The van der Waals surface area contributed by atoms with E-state index in [-0.39, 0.29) is 17.3 Å². The van der Waals surface area contributed by atoms with Crippen molar-refractivity contribution in [2.45, 2.75) is 26.4 Å². The molecule has 0 aromatic carbocycles. The maximum absolute atomic E-state index is 11.2. The molecule has 0 fully saturated rings. The number of hydrogen-bond donors (Lipinski definition) is 2. The molecule has 9 heteroatoms. The number of nitrogens with zero attached hydrogens (tertiary/aromatic N) is 4. The summed E-state index contributed by atoms with van der Waals surface area (Å²) in [4.78, 5) is 33.7. The summed E-state index contributed by atoms with van der Waals surface area (Å²) in [6.45, 7) is 4.35. The van der Waals surface area contributed by atoms with Crippen molar-refractivity contribution < 1.29 is 14.8 Å². The molecule has 0 bridgehead atoms. The van der Waals surface area contributed by atoms with Gasteiger partial charge in [0.2, 0.25) is 11.7 Å². The number of amides is 1. The van der Waals surface area contributed by atoms with Gasteiger partial charge in [-0.2, -0.15) is 0 Å². The summed E-state index contributed by atoms with van der Waals surface area (Å²) >= 11 is 0. The van der Waals surface area contributed by atoms with E-state index in [2.05, 4.69) is 20.3 Å². The van der Waals surface area contributed by atoms with Gasteiger partial charge in [0.25, 0.3) is 0 Å². The first-order valence-corrected chi connectivity index (χ1v) is 6.67. The standard InChI is InChI=1S/C14H15N5O4/c1-8(20)17-12-11(19(22)23)5-4-10(18-12)9-6-15-13(16-7-9)14(2,3)21/h4-7,21H,1-3H3,(H,17,18,20). The Balaban J connectivity index is 2.43. The van der Waals surface area contributed by atoms with Gasteiger partial charge in [0, 0.05) is 30.9 Å². The molecule has 1 amide bonds. The number of pyridine rings is 1. The fourth-order valence-electron chi connectivity index (χ4n) is 1.79. The normalized spacial score (nSPS) is 11.1. The second-order valence-electron chi connectivity index (χ2n) is 5.36. The maximum Gasteiger partial charge on any atom is 0.311 e. The monoisotopic (exact) mass is 317 g/mol. The van der Waals surface area contributed by atoms with Crippen molar-refractivity contribution in [2.24, 2.45) is 0 Å². The second-order valence-corrected chi connectivity index (χ2v) is 5.36. The summed E-state index contributed by atoms with van der Waals surface area (Å²) in [6.07, 6.45) is 2.90. The van der Waals surface area contributed by atoms with E-state index in [9.17, 15) is 20.0 Å². The molecule has 0 saturated heterocycles. The van der Waals surface area contributed by atoms with E-state index < -0.39 is 16.4 Å². The molecule has 0 aliphatic carbocycles. The van der Waals surface area contributed by atoms with E-state index >= 15 is 0 Å². The molecule has 0 radical (unpaired) electrons. The number of carbonyl (C=O) groups is 1. The molecule has 9 nitrogen and oxygen atoms in total. The summed E-state index contributed by atoms with van der Waals surface area (Å²) in [5.41, 5.74) is -0.623. The summed E-state index contributed by atoms with van der Waals surface area (Å²) in [5.74, 6) is -0.372. The van der Waals surface area contributed by atoms with Crippen molar-refractivity contribution in [3.05, 3.63) is 40.5 Å². The zero-order valence-corrected chi connectivity index (χ0v) is 12.8. The number of aliphatic hydroxyl groups is 1. The largest absolute Gasteiger partial charge is 0.382 e. The molecular weight excluding hydrogens is 302 g/mol. The van der Waals surface area contributed by atoms with Crippen LogP contribution in [0, 0.1) is 10.1 Å². The first-order valence-electron chi connectivity index (χ1n) is 6.67. The zero-order chi connectivity index (χ0) is 17.2. The molecule has 2 heterocycles. The summed E-state index contributed by atoms with van der Waals surface area (Å²) in [6, 6.07) is 2.68. The molecule has 0 aliphatic rings. The highest BCUT2D eigenvalue weighted by atomic mass is 16.6. The fourth-order valence-corrected chi connectivity index (χ4v) is 1.79. The molecule has 23 heavy (non-hydrogen) atoms. The molecular formula is C14H15N5O4. The Bertz CT molecular complexity index is 753. The van der Waals surface area contributed by atoms with Gasteiger partial charge < -0.3 is 10.4 Å². The Morgan fingerprint density at radius 2 is 1.91 bits per heavy atom. The van der Waals surface area contributed by atoms with Crippen LogP contribution < -0.4 is 5.32 Å². The van der Waals surface area contributed by atoms with E-state index in [4.69, 9.17) is 0 Å². The quantitative estimate of drug-likeness (QED) is 0.647. The highest BCUT2D eigenvalue weighted by Gasteiger charge is 2.21. The molecule has 0 unspecified atom stereocenters. The van der Waals surface area contributed by atoms with E-state index in [1.54, 1.807) is 13.8 Å². The maximum atomic E-state index is 11.2. The van der Waals surface area contributed by atoms with Crippen LogP contribution in [0.1, 0.15) is 26.6 Å². The Kier molecular flexibility index (Phi) is 4.32. The van der Waals surface area contributed by atoms with Gasteiger partial charge in [0.15, 0.2) is 5.82 Å². The molecule has 0 saturated carbocycles. The molecule has 2 aromatic heterocycles. The lowest BCUT2D eigenvalue weighted by Gasteiger charge is -2.15. The van der Waals surface area contributed by atoms with Crippen molar-refractivity contribution in [1.82, 2.24) is 15.0 Å². The van der Waals surface area contributed by atoms with Gasteiger partial charge in [-0.1, -0.05) is 0 Å². The van der Waals surface area contributed by atoms with Gasteiger partial charge in [-0.25, -0.2) is 15.0 Å². The van der Waals surface area contributed by atoms with Gasteiger partial charge in [0.05, 0.1) is 10.6 Å². The third kappa shape index (κ3) is 3.83. The topological polar surface area (TPSA) is 131 Å². The third-order valence-electron chi connectivity index (χ3n) is 2.86. The summed E-state index contributed by atoms with van der Waals surface area (Å²) < 4.78 is 0. The van der Waals surface area contributed by atoms with E-state index in [0.29, 0.717) is 11.3 Å². The van der Waals surface area contributed by atoms with Gasteiger partial charge in [-0.15, -0.1) is 0 Å². The molecule has 0 aliphatic heterocycles. The molecule has 0 atom stereocenters. The van der Waals surface area contributed by atoms with Crippen LogP contribution in [0.4, 0.5) is 11.5 Å². The minimum Gasteiger partial charge on any atom is -0.382 e. The molecule has 2 rings (SSSR count). The van der Waals surface area contributed by atoms with Crippen LogP contribution in [0.15, 0.2) is 24.5 Å². The van der Waals surface area contributed by atoms with Crippen molar-refractivity contribution in [3.63, 3.8) is 0 Å². The van der Waals surface area contributed by atoms with Crippen molar-refractivity contribution in [3.8, 4) is 11.3 Å². The van der Waals surface area contributed by atoms with Gasteiger partial charge >= 0.3 is 5.69 Å². The first-order chi connectivity index (χ1) is 10.7. The average Bonchev–Trinajstić information content (AvgIpc) is 2.45. The van der Waals surface area contributed by atoms with Crippen molar-refractivity contribution >= 4 is 17.4 Å². The number of aromatic nitrogens is 3. The van der Waals surface area contributed by atoms with Crippen molar-refractivity contribution in [2.75, 3.05) is 5.32 Å². The first kappa shape index (κ1) is 16.4. The summed E-state index contributed by atoms with van der Waals surface area (Å²) in [5, 5.41) is 23.1. The Morgan fingerprint density at radius 3 is 2.39 bits per heavy atom. The number of nitro groups is 1. The van der Waals surface area contributed by atoms with Crippen LogP contribution in [0.3, 0.4) is 0 Å². The van der Waals surface area contributed by atoms with Crippen LogP contribution in [0.25, 0.3) is 11.3 Å². The van der Waals surface area contributed by atoms with E-state index in [1.807, 2.05) is 0 Å². The van der Waals surface area contributed by atoms with Crippen LogP contribution in [-0.2, 0) is 10.4 Å². The highest BCUT2D eigenvalue weighted by Crippen LogP contribution is 2.27. The lowest BCUT2D eigenvalue weighted by Crippen LogP contribution is -2.19. The van der Waals surface area contributed by atoms with Crippen LogP contribution >= 0.6 is 0 Å². The Hall–Kier alpha value is -2.94. The van der Waals surface area contributed by atoms with Crippen molar-refractivity contribution in [1.29, 1.82) is 0 Å². The van der Waals surface area contributed by atoms with E-state index in [1.165, 1.54) is 31.5 Å². The molecule has 0 spiro atoms. The predicted molar refractivity (Wildman–Crippen MR) is 81.5 cm³/mol. The highest BCUT2D eigenvalue weighted by molar-refractivity contribution is 5.90. The lowest BCUT2D eigenvalue weighted by atomic mass is 10.1. The smallest absolute Gasteiger partial charge is 0.311 e. The SMILES string of the molecule is CC(=O)Nc1nc(-c2cnc(C(C)(C)O)nc2)ccc1[N+](=O)[O-]. The average molecular weight is 317 g/mol. The number of anilines is 1. The number of carbonyl (C=O) groups excluding carboxylic acids is 1. The van der Waals surface area contributed by atoms with Crippen LogP contribution in [-0.4, -0.2) is 30.9 Å². The third-order valence-corrected chi connectivity index (χ3v) is 2.86. The number of rotatable bonds is 4. The van der Waals surface area contributed by atoms with Gasteiger partial charge in [0.1, 0.15) is 5.60 Å². The van der Waals surface area contributed by atoms with Gasteiger partial charge in [-0.3, -0.25) is 14.9 Å². The number of nitrogens with one attached hydrogen (secondary N) is 1. The predicted octanol–water partition coefficient (Wildman–Crippen LogP) is 1.63. The summed E-state index contributed by atoms with van der Waals surface area (Å²) in [7, 11) is 0. The second kappa shape index (κ2) is 6.05. The molecule has 120 valence electrons. The van der Waals surface area contributed by atoms with E-state index in [0.717, 1.165) is 0 Å². The number of hydrogen-bond acceptors (Lipinski definition) is 7. The minimum atomic E-state index is -1.18. The molecule has 2 aromatic rings.